The van der Waals surface area contributed by atoms with Crippen molar-refractivity contribution in [2.24, 2.45) is 0 Å². The van der Waals surface area contributed by atoms with E-state index in [0.29, 0.717) is 0 Å². The fourth-order valence-corrected chi connectivity index (χ4v) is 0.863. The Morgan fingerprint density at radius 2 is 1.18 bits per heavy atom. The van der Waals surface area contributed by atoms with E-state index in [9.17, 15) is 0 Å². The van der Waals surface area contributed by atoms with Crippen LogP contribution in [0.4, 0.5) is 0 Å². The van der Waals surface area contributed by atoms with Crippen LogP contribution in [0.15, 0.2) is 48.6 Å². The molecule has 0 heteroatoms. The zero-order valence-corrected chi connectivity index (χ0v) is 6.61. The van der Waals surface area contributed by atoms with E-state index in [1.54, 1.807) is 0 Å². The molecule has 0 aromatic heterocycles. The van der Waals surface area contributed by atoms with Gasteiger partial charge in [-0.15, -0.1) is 0 Å². The minimum Gasteiger partial charge on any atom is -0.0876 e. The van der Waals surface area contributed by atoms with Crippen molar-refractivity contribution in [1.29, 1.82) is 0 Å². The van der Waals surface area contributed by atoms with Crippen molar-refractivity contribution in [1.82, 2.24) is 0 Å². The second-order valence-corrected chi connectivity index (χ2v) is 2.40. The molecule has 1 radical (unpaired) electrons. The van der Waals surface area contributed by atoms with E-state index in [4.69, 9.17) is 0 Å². The SMILES string of the molecule is [CH]1\C=C/C=C\C=C/CC/C=C\1. The maximum atomic E-state index is 2.18. The van der Waals surface area contributed by atoms with Gasteiger partial charge in [-0.1, -0.05) is 48.6 Å². The Morgan fingerprint density at radius 1 is 0.545 bits per heavy atom. The van der Waals surface area contributed by atoms with Crippen LogP contribution in [-0.2, 0) is 0 Å². The van der Waals surface area contributed by atoms with E-state index in [1.807, 2.05) is 18.2 Å². The third-order valence-electron chi connectivity index (χ3n) is 1.44. The number of rotatable bonds is 0. The Bertz CT molecular complexity index is 192. The highest BCUT2D eigenvalue weighted by Crippen LogP contribution is 1.96. The van der Waals surface area contributed by atoms with Crippen molar-refractivity contribution < 1.29 is 0 Å². The molecular formula is C11H13. The summed E-state index contributed by atoms with van der Waals surface area (Å²) in [5, 5.41) is 0. The molecule has 57 valence electrons. The molecule has 0 saturated carbocycles. The van der Waals surface area contributed by atoms with Crippen molar-refractivity contribution in [2.45, 2.75) is 12.8 Å². The third-order valence-corrected chi connectivity index (χ3v) is 1.44. The highest BCUT2D eigenvalue weighted by atomic mass is 13.8. The highest BCUT2D eigenvalue weighted by Gasteiger charge is 1.76. The van der Waals surface area contributed by atoms with Crippen molar-refractivity contribution >= 4 is 0 Å². The summed E-state index contributed by atoms with van der Waals surface area (Å²) in [4.78, 5) is 0. The second-order valence-electron chi connectivity index (χ2n) is 2.40. The van der Waals surface area contributed by atoms with Crippen LogP contribution in [0.5, 0.6) is 0 Å². The van der Waals surface area contributed by atoms with Crippen molar-refractivity contribution in [2.75, 3.05) is 0 Å². The summed E-state index contributed by atoms with van der Waals surface area (Å²) in [7, 11) is 0. The molecule has 0 aromatic carbocycles. The maximum absolute atomic E-state index is 2.18. The molecule has 0 heterocycles. The van der Waals surface area contributed by atoms with Gasteiger partial charge in [-0.05, 0) is 12.8 Å². The molecule has 0 saturated heterocycles. The fourth-order valence-electron chi connectivity index (χ4n) is 0.863. The molecule has 0 aromatic rings. The lowest BCUT2D eigenvalue weighted by Gasteiger charge is -1.83. The number of hydrogen-bond acceptors (Lipinski definition) is 0. The van der Waals surface area contributed by atoms with Gasteiger partial charge in [0, 0.05) is 6.42 Å². The predicted molar refractivity (Wildman–Crippen MR) is 50.1 cm³/mol. The van der Waals surface area contributed by atoms with E-state index < -0.39 is 0 Å². The van der Waals surface area contributed by atoms with Gasteiger partial charge in [-0.2, -0.15) is 0 Å². The summed E-state index contributed by atoms with van der Waals surface area (Å²) in [6.07, 6.45) is 21.0. The number of allylic oxidation sites excluding steroid dienone is 8. The van der Waals surface area contributed by atoms with Crippen LogP contribution < -0.4 is 0 Å². The van der Waals surface area contributed by atoms with Crippen LogP contribution in [0.2, 0.25) is 0 Å². The number of hydrogen-bond donors (Lipinski definition) is 0. The fraction of sp³-hybridized carbons (Fsp3) is 0.182. The first-order chi connectivity index (χ1) is 5.50. The lowest BCUT2D eigenvalue weighted by molar-refractivity contribution is 1.05. The van der Waals surface area contributed by atoms with Gasteiger partial charge < -0.3 is 0 Å². The van der Waals surface area contributed by atoms with Gasteiger partial charge in [-0.3, -0.25) is 0 Å². The smallest absolute Gasteiger partial charge is 0.00473 e. The van der Waals surface area contributed by atoms with Crippen LogP contribution in [-0.4, -0.2) is 0 Å². The Morgan fingerprint density at radius 3 is 2.09 bits per heavy atom. The van der Waals surface area contributed by atoms with Crippen LogP contribution in [0.25, 0.3) is 0 Å². The van der Waals surface area contributed by atoms with Crippen LogP contribution in [0.3, 0.4) is 0 Å². The molecule has 0 amide bonds. The third kappa shape index (κ3) is 4.38. The standard InChI is InChI=1S/C11H13/c1-2-4-6-8-10-11-9-7-5-3-1/h1-9H,10-11H2/b2-1-,5-3-,8-6-,9-7-. The molecule has 0 atom stereocenters. The van der Waals surface area contributed by atoms with E-state index in [2.05, 4.69) is 36.8 Å². The summed E-state index contributed by atoms with van der Waals surface area (Å²) >= 11 is 0. The molecule has 1 rings (SSSR count). The molecule has 0 aliphatic heterocycles. The highest BCUT2D eigenvalue weighted by molar-refractivity contribution is 5.17. The lowest BCUT2D eigenvalue weighted by Crippen LogP contribution is -1.64. The van der Waals surface area contributed by atoms with Gasteiger partial charge in [0.1, 0.15) is 0 Å². The molecular weight excluding hydrogens is 132 g/mol. The Hall–Kier alpha value is -1.04. The van der Waals surface area contributed by atoms with E-state index in [-0.39, 0.29) is 0 Å². The van der Waals surface area contributed by atoms with Crippen LogP contribution in [0, 0.1) is 6.42 Å². The average Bonchev–Trinajstić information content (AvgIpc) is 2.08. The van der Waals surface area contributed by atoms with E-state index >= 15 is 0 Å². The molecule has 1 aliphatic carbocycles. The van der Waals surface area contributed by atoms with Crippen molar-refractivity contribution in [3.05, 3.63) is 55.0 Å². The molecule has 0 unspecified atom stereocenters. The first-order valence-corrected chi connectivity index (χ1v) is 3.98. The second kappa shape index (κ2) is 5.72. The maximum Gasteiger partial charge on any atom is 0.00473 e. The predicted octanol–water partition coefficient (Wildman–Crippen LogP) is 3.21. The average molecular weight is 145 g/mol. The molecule has 0 spiro atoms. The Kier molecular flexibility index (Phi) is 4.19. The van der Waals surface area contributed by atoms with E-state index in [1.165, 1.54) is 0 Å². The van der Waals surface area contributed by atoms with Crippen LogP contribution >= 0.6 is 0 Å². The quantitative estimate of drug-likeness (QED) is 0.491. The van der Waals surface area contributed by atoms with Gasteiger partial charge in [0.25, 0.3) is 0 Å². The Labute approximate surface area is 68.6 Å². The van der Waals surface area contributed by atoms with Gasteiger partial charge in [0.15, 0.2) is 0 Å². The van der Waals surface area contributed by atoms with Crippen molar-refractivity contribution in [3.63, 3.8) is 0 Å². The summed E-state index contributed by atoms with van der Waals surface area (Å²) in [5.41, 5.74) is 0. The summed E-state index contributed by atoms with van der Waals surface area (Å²) in [6, 6.07) is 0. The monoisotopic (exact) mass is 145 g/mol. The first-order valence-electron chi connectivity index (χ1n) is 3.98. The minimum absolute atomic E-state index is 1.13. The first kappa shape index (κ1) is 8.06. The largest absolute Gasteiger partial charge is 0.0876 e. The van der Waals surface area contributed by atoms with Crippen molar-refractivity contribution in [3.8, 4) is 0 Å². The molecule has 0 fully saturated rings. The molecule has 0 N–H and O–H groups in total. The zero-order chi connectivity index (χ0) is 7.78. The van der Waals surface area contributed by atoms with Gasteiger partial charge in [0.2, 0.25) is 0 Å². The molecule has 1 aliphatic rings. The summed E-state index contributed by atoms with van der Waals surface area (Å²) in [5.74, 6) is 0. The van der Waals surface area contributed by atoms with E-state index in [0.717, 1.165) is 12.8 Å². The molecule has 0 nitrogen and oxygen atoms in total. The zero-order valence-electron chi connectivity index (χ0n) is 6.61. The van der Waals surface area contributed by atoms with Gasteiger partial charge in [0.05, 0.1) is 0 Å². The molecule has 11 heavy (non-hydrogen) atoms. The van der Waals surface area contributed by atoms with Gasteiger partial charge >= 0.3 is 0 Å². The summed E-state index contributed by atoms with van der Waals surface area (Å²) < 4.78 is 0. The Balaban J connectivity index is 2.47. The minimum atomic E-state index is 1.13. The van der Waals surface area contributed by atoms with Gasteiger partial charge in [-0.25, -0.2) is 0 Å². The lowest BCUT2D eigenvalue weighted by atomic mass is 10.2. The summed E-state index contributed by atoms with van der Waals surface area (Å²) in [6.45, 7) is 0. The normalized spacial score (nSPS) is 29.8. The van der Waals surface area contributed by atoms with Crippen LogP contribution in [0.1, 0.15) is 12.8 Å². The molecule has 0 bridgehead atoms. The topological polar surface area (TPSA) is 0 Å².